The van der Waals surface area contributed by atoms with E-state index >= 15 is 0 Å². The zero-order valence-electron chi connectivity index (χ0n) is 12.2. The zero-order chi connectivity index (χ0) is 13.5. The summed E-state index contributed by atoms with van der Waals surface area (Å²) >= 11 is 0. The first-order valence-electron chi connectivity index (χ1n) is 6.74. The lowest BCUT2D eigenvalue weighted by molar-refractivity contribution is 0.266. The highest BCUT2D eigenvalue weighted by Crippen LogP contribution is 2.33. The third-order valence-corrected chi connectivity index (χ3v) is 3.24. The molecule has 2 rings (SSSR count). The van der Waals surface area contributed by atoms with E-state index in [2.05, 4.69) is 24.0 Å². The molecular formula is C15H25NO2. The normalized spacial score (nSPS) is 14.3. The molecule has 18 heavy (non-hydrogen) atoms. The Morgan fingerprint density at radius 2 is 1.61 bits per heavy atom. The minimum atomic E-state index is 0.833. The second-order valence-corrected chi connectivity index (χ2v) is 4.09. The Kier molecular flexibility index (Phi) is 5.99. The number of hydrogen-bond acceptors (Lipinski definition) is 3. The van der Waals surface area contributed by atoms with Crippen LogP contribution in [0.15, 0.2) is 12.1 Å². The van der Waals surface area contributed by atoms with Crippen molar-refractivity contribution in [3.63, 3.8) is 0 Å². The van der Waals surface area contributed by atoms with Gasteiger partial charge in [-0.1, -0.05) is 20.8 Å². The van der Waals surface area contributed by atoms with Gasteiger partial charge >= 0.3 is 0 Å². The van der Waals surface area contributed by atoms with E-state index in [9.17, 15) is 0 Å². The summed E-state index contributed by atoms with van der Waals surface area (Å²) in [7, 11) is 3.37. The van der Waals surface area contributed by atoms with Gasteiger partial charge < -0.3 is 9.47 Å². The highest BCUT2D eigenvalue weighted by molar-refractivity contribution is 5.48. The smallest absolute Gasteiger partial charge is 0.161 e. The fourth-order valence-electron chi connectivity index (χ4n) is 2.21. The molecule has 0 saturated heterocycles. The van der Waals surface area contributed by atoms with Gasteiger partial charge in [0.2, 0.25) is 0 Å². The Bertz CT molecular complexity index is 377. The van der Waals surface area contributed by atoms with E-state index < -0.39 is 0 Å². The average Bonchev–Trinajstić information content (AvgIpc) is 2.47. The van der Waals surface area contributed by atoms with Crippen molar-refractivity contribution >= 4 is 0 Å². The van der Waals surface area contributed by atoms with E-state index in [0.717, 1.165) is 37.6 Å². The van der Waals surface area contributed by atoms with Gasteiger partial charge in [0.15, 0.2) is 11.5 Å². The molecule has 1 aromatic rings. The largest absolute Gasteiger partial charge is 0.493 e. The summed E-state index contributed by atoms with van der Waals surface area (Å²) < 4.78 is 10.6. The predicted octanol–water partition coefficient (Wildman–Crippen LogP) is 3.11. The van der Waals surface area contributed by atoms with Crippen LogP contribution in [0.3, 0.4) is 0 Å². The summed E-state index contributed by atoms with van der Waals surface area (Å²) in [6, 6.07) is 4.22. The molecule has 3 nitrogen and oxygen atoms in total. The number of hydrogen-bond donors (Lipinski definition) is 0. The Morgan fingerprint density at radius 3 is 2.11 bits per heavy atom. The van der Waals surface area contributed by atoms with Crippen molar-refractivity contribution in [2.45, 2.75) is 33.7 Å². The van der Waals surface area contributed by atoms with E-state index in [1.165, 1.54) is 11.1 Å². The Morgan fingerprint density at radius 1 is 1.06 bits per heavy atom. The van der Waals surface area contributed by atoms with Gasteiger partial charge in [-0.25, -0.2) is 0 Å². The van der Waals surface area contributed by atoms with Crippen molar-refractivity contribution in [2.24, 2.45) is 0 Å². The second kappa shape index (κ2) is 7.27. The van der Waals surface area contributed by atoms with Crippen LogP contribution in [0.2, 0.25) is 0 Å². The van der Waals surface area contributed by atoms with Gasteiger partial charge in [0.25, 0.3) is 0 Å². The summed E-state index contributed by atoms with van der Waals surface area (Å²) in [6.45, 7) is 9.46. The van der Waals surface area contributed by atoms with Gasteiger partial charge in [0, 0.05) is 13.1 Å². The molecule has 3 heteroatoms. The molecule has 1 heterocycles. The molecule has 1 aliphatic heterocycles. The summed E-state index contributed by atoms with van der Waals surface area (Å²) in [4.78, 5) is 2.44. The number of methoxy groups -OCH3 is 2. The van der Waals surface area contributed by atoms with E-state index in [0.29, 0.717) is 0 Å². The van der Waals surface area contributed by atoms with Crippen LogP contribution >= 0.6 is 0 Å². The molecule has 102 valence electrons. The third kappa shape index (κ3) is 3.16. The molecule has 0 spiro atoms. The summed E-state index contributed by atoms with van der Waals surface area (Å²) in [6.07, 6.45) is 1.10. The number of benzene rings is 1. The van der Waals surface area contributed by atoms with Crippen LogP contribution in [-0.4, -0.2) is 32.2 Å². The van der Waals surface area contributed by atoms with Crippen LogP contribution in [0.25, 0.3) is 0 Å². The molecule has 1 aliphatic rings. The quantitative estimate of drug-likeness (QED) is 0.824. The molecule has 0 fully saturated rings. The highest BCUT2D eigenvalue weighted by Gasteiger charge is 2.17. The van der Waals surface area contributed by atoms with E-state index in [1.54, 1.807) is 14.2 Å². The molecular weight excluding hydrogens is 226 g/mol. The maximum Gasteiger partial charge on any atom is 0.161 e. The van der Waals surface area contributed by atoms with E-state index in [-0.39, 0.29) is 0 Å². The number of fused-ring (bicyclic) bond motifs is 1. The molecule has 0 atom stereocenters. The standard InChI is InChI=1S/C13H19NO2.C2H6/c1-4-14-6-5-10-7-12(15-2)13(16-3)8-11(10)9-14;1-2/h7-8H,4-6,9H2,1-3H3;1-2H3. The lowest BCUT2D eigenvalue weighted by atomic mass is 9.99. The first-order chi connectivity index (χ1) is 8.78. The number of nitrogens with zero attached hydrogens (tertiary/aromatic N) is 1. The van der Waals surface area contributed by atoms with Crippen LogP contribution in [0.4, 0.5) is 0 Å². The lowest BCUT2D eigenvalue weighted by Crippen LogP contribution is -2.30. The highest BCUT2D eigenvalue weighted by atomic mass is 16.5. The first-order valence-corrected chi connectivity index (χ1v) is 6.74. The predicted molar refractivity (Wildman–Crippen MR) is 75.5 cm³/mol. The number of ether oxygens (including phenoxy) is 2. The molecule has 1 aromatic carbocycles. The minimum absolute atomic E-state index is 0.833. The van der Waals surface area contributed by atoms with Crippen molar-refractivity contribution < 1.29 is 9.47 Å². The monoisotopic (exact) mass is 251 g/mol. The molecule has 0 N–H and O–H groups in total. The minimum Gasteiger partial charge on any atom is -0.493 e. The van der Waals surface area contributed by atoms with Gasteiger partial charge in [0.1, 0.15) is 0 Å². The van der Waals surface area contributed by atoms with Crippen molar-refractivity contribution in [1.82, 2.24) is 4.90 Å². The molecule has 0 bridgehead atoms. The molecule has 0 unspecified atom stereocenters. The van der Waals surface area contributed by atoms with Gasteiger partial charge in [0.05, 0.1) is 14.2 Å². The van der Waals surface area contributed by atoms with Gasteiger partial charge in [-0.2, -0.15) is 0 Å². The van der Waals surface area contributed by atoms with Gasteiger partial charge in [-0.15, -0.1) is 0 Å². The number of likely N-dealkylation sites (N-methyl/N-ethyl adjacent to an activating group) is 1. The van der Waals surface area contributed by atoms with E-state index in [4.69, 9.17) is 9.47 Å². The van der Waals surface area contributed by atoms with Crippen LogP contribution < -0.4 is 9.47 Å². The van der Waals surface area contributed by atoms with Crippen LogP contribution in [0, 0.1) is 0 Å². The fourth-order valence-corrected chi connectivity index (χ4v) is 2.21. The maximum absolute atomic E-state index is 5.33. The number of rotatable bonds is 3. The third-order valence-electron chi connectivity index (χ3n) is 3.24. The molecule has 0 aliphatic carbocycles. The maximum atomic E-state index is 5.33. The average molecular weight is 251 g/mol. The summed E-state index contributed by atoms with van der Waals surface area (Å²) in [5.74, 6) is 1.67. The van der Waals surface area contributed by atoms with Crippen molar-refractivity contribution in [3.05, 3.63) is 23.3 Å². The fraction of sp³-hybridized carbons (Fsp3) is 0.600. The molecule has 0 amide bonds. The second-order valence-electron chi connectivity index (χ2n) is 4.09. The lowest BCUT2D eigenvalue weighted by Gasteiger charge is -2.28. The van der Waals surface area contributed by atoms with E-state index in [1.807, 2.05) is 13.8 Å². The van der Waals surface area contributed by atoms with Gasteiger partial charge in [-0.3, -0.25) is 4.90 Å². The Hall–Kier alpha value is -1.22. The first kappa shape index (κ1) is 14.8. The van der Waals surface area contributed by atoms with Crippen LogP contribution in [-0.2, 0) is 13.0 Å². The molecule has 0 radical (unpaired) electrons. The summed E-state index contributed by atoms with van der Waals surface area (Å²) in [5.41, 5.74) is 2.76. The Balaban J connectivity index is 0.000000771. The SMILES string of the molecule is CC.CCN1CCc2cc(OC)c(OC)cc2C1. The zero-order valence-corrected chi connectivity index (χ0v) is 12.2. The van der Waals surface area contributed by atoms with Gasteiger partial charge in [-0.05, 0) is 36.2 Å². The van der Waals surface area contributed by atoms with Crippen LogP contribution in [0.1, 0.15) is 31.9 Å². The van der Waals surface area contributed by atoms with Crippen LogP contribution in [0.5, 0.6) is 11.5 Å². The topological polar surface area (TPSA) is 21.7 Å². The van der Waals surface area contributed by atoms with Crippen molar-refractivity contribution in [1.29, 1.82) is 0 Å². The van der Waals surface area contributed by atoms with Crippen molar-refractivity contribution in [3.8, 4) is 11.5 Å². The molecule has 0 saturated carbocycles. The Labute approximate surface area is 111 Å². The summed E-state index contributed by atoms with van der Waals surface area (Å²) in [5, 5.41) is 0. The van der Waals surface area contributed by atoms with Crippen molar-refractivity contribution in [2.75, 3.05) is 27.3 Å². The molecule has 0 aromatic heterocycles.